The van der Waals surface area contributed by atoms with Gasteiger partial charge in [0.15, 0.2) is 5.13 Å². The van der Waals surface area contributed by atoms with Gasteiger partial charge >= 0.3 is 0 Å². The van der Waals surface area contributed by atoms with Gasteiger partial charge in [-0.05, 0) is 31.0 Å². The van der Waals surface area contributed by atoms with E-state index in [1.165, 1.54) is 0 Å². The number of nitrogens with zero attached hydrogens (tertiary/aromatic N) is 4. The van der Waals surface area contributed by atoms with E-state index in [-0.39, 0.29) is 11.9 Å². The summed E-state index contributed by atoms with van der Waals surface area (Å²) in [6, 6.07) is 5.82. The number of hydrogen-bond donors (Lipinski definition) is 0. The number of aromatic nitrogens is 1. The van der Waals surface area contributed by atoms with E-state index in [2.05, 4.69) is 14.8 Å². The first-order valence-electron chi connectivity index (χ1n) is 10.1. The van der Waals surface area contributed by atoms with E-state index in [1.54, 1.807) is 25.6 Å². The lowest BCUT2D eigenvalue weighted by Gasteiger charge is -2.37. The highest BCUT2D eigenvalue weighted by Gasteiger charge is 2.36. The van der Waals surface area contributed by atoms with Crippen LogP contribution in [0.25, 0.3) is 0 Å². The Bertz CT molecular complexity index is 821. The minimum atomic E-state index is -0.0637. The van der Waals surface area contributed by atoms with Crippen molar-refractivity contribution in [3.63, 3.8) is 0 Å². The van der Waals surface area contributed by atoms with Crippen molar-refractivity contribution in [2.45, 2.75) is 25.4 Å². The highest BCUT2D eigenvalue weighted by atomic mass is 32.1. The first-order valence-corrected chi connectivity index (χ1v) is 11.0. The number of rotatable bonds is 6. The van der Waals surface area contributed by atoms with Gasteiger partial charge in [-0.25, -0.2) is 4.98 Å². The Morgan fingerprint density at radius 1 is 1.17 bits per heavy atom. The lowest BCUT2D eigenvalue weighted by Crippen LogP contribution is -2.53. The smallest absolute Gasteiger partial charge is 0.245 e. The molecule has 156 valence electrons. The average Bonchev–Trinajstić information content (AvgIpc) is 3.45. The molecular formula is C21H28N4O3S. The largest absolute Gasteiger partial charge is 0.497 e. The van der Waals surface area contributed by atoms with Gasteiger partial charge in [-0.2, -0.15) is 0 Å². The van der Waals surface area contributed by atoms with E-state index in [4.69, 9.17) is 9.47 Å². The second-order valence-corrected chi connectivity index (χ2v) is 8.32. The van der Waals surface area contributed by atoms with Gasteiger partial charge in [0.05, 0.1) is 14.2 Å². The van der Waals surface area contributed by atoms with Gasteiger partial charge in [0.1, 0.15) is 17.5 Å². The summed E-state index contributed by atoms with van der Waals surface area (Å²) < 4.78 is 10.9. The molecule has 29 heavy (non-hydrogen) atoms. The summed E-state index contributed by atoms with van der Waals surface area (Å²) in [7, 11) is 3.37. The summed E-state index contributed by atoms with van der Waals surface area (Å²) in [4.78, 5) is 24.1. The lowest BCUT2D eigenvalue weighted by atomic mass is 10.1. The van der Waals surface area contributed by atoms with Gasteiger partial charge in [-0.3, -0.25) is 9.69 Å². The molecule has 0 N–H and O–H groups in total. The number of carbonyl (C=O) groups is 1. The minimum absolute atomic E-state index is 0.0637. The first-order chi connectivity index (χ1) is 14.2. The fourth-order valence-corrected chi connectivity index (χ4v) is 4.91. The van der Waals surface area contributed by atoms with Crippen LogP contribution in [0, 0.1) is 0 Å². The SMILES string of the molecule is COc1ccc(OC)c(CN2CCN(C(=O)C3CCCN3c3nccs3)CC2)c1. The molecule has 1 unspecified atom stereocenters. The van der Waals surface area contributed by atoms with E-state index in [0.717, 1.165) is 74.3 Å². The van der Waals surface area contributed by atoms with Gasteiger partial charge in [0.25, 0.3) is 0 Å². The fraction of sp³-hybridized carbons (Fsp3) is 0.524. The van der Waals surface area contributed by atoms with Crippen molar-refractivity contribution in [1.82, 2.24) is 14.8 Å². The zero-order chi connectivity index (χ0) is 20.2. The van der Waals surface area contributed by atoms with E-state index in [0.29, 0.717) is 0 Å². The van der Waals surface area contributed by atoms with Gasteiger partial charge in [0.2, 0.25) is 5.91 Å². The molecule has 1 aromatic heterocycles. The Morgan fingerprint density at radius 2 is 2.00 bits per heavy atom. The highest BCUT2D eigenvalue weighted by Crippen LogP contribution is 2.29. The number of hydrogen-bond acceptors (Lipinski definition) is 7. The van der Waals surface area contributed by atoms with Gasteiger partial charge in [-0.15, -0.1) is 11.3 Å². The predicted molar refractivity (Wildman–Crippen MR) is 114 cm³/mol. The molecule has 2 fully saturated rings. The predicted octanol–water partition coefficient (Wildman–Crippen LogP) is 2.47. The molecular weight excluding hydrogens is 388 g/mol. The monoisotopic (exact) mass is 416 g/mol. The van der Waals surface area contributed by atoms with Crippen LogP contribution in [0.4, 0.5) is 5.13 Å². The number of ether oxygens (including phenoxy) is 2. The average molecular weight is 417 g/mol. The van der Waals surface area contributed by atoms with Crippen molar-refractivity contribution < 1.29 is 14.3 Å². The first kappa shape index (κ1) is 20.0. The molecule has 2 saturated heterocycles. The van der Waals surface area contributed by atoms with Crippen LogP contribution in [-0.2, 0) is 11.3 Å². The van der Waals surface area contributed by atoms with Crippen LogP contribution in [0.2, 0.25) is 0 Å². The second-order valence-electron chi connectivity index (χ2n) is 7.45. The number of carbonyl (C=O) groups excluding carboxylic acids is 1. The molecule has 1 amide bonds. The van der Waals surface area contributed by atoms with Crippen molar-refractivity contribution in [3.8, 4) is 11.5 Å². The molecule has 2 aliphatic heterocycles. The molecule has 7 nitrogen and oxygen atoms in total. The number of benzene rings is 1. The normalized spacial score (nSPS) is 20.1. The van der Waals surface area contributed by atoms with Crippen molar-refractivity contribution >= 4 is 22.4 Å². The molecule has 0 aliphatic carbocycles. The lowest BCUT2D eigenvalue weighted by molar-refractivity contribution is -0.134. The summed E-state index contributed by atoms with van der Waals surface area (Å²) in [5.74, 6) is 1.95. The van der Waals surface area contributed by atoms with Gasteiger partial charge < -0.3 is 19.3 Å². The third kappa shape index (κ3) is 4.33. The Morgan fingerprint density at radius 3 is 2.69 bits per heavy atom. The van der Waals surface area contributed by atoms with Gasteiger partial charge in [0, 0.05) is 56.4 Å². The van der Waals surface area contributed by atoms with E-state index < -0.39 is 0 Å². The van der Waals surface area contributed by atoms with Crippen LogP contribution >= 0.6 is 11.3 Å². The number of anilines is 1. The molecule has 0 radical (unpaired) electrons. The van der Waals surface area contributed by atoms with E-state index in [1.807, 2.05) is 34.7 Å². The molecule has 8 heteroatoms. The van der Waals surface area contributed by atoms with Crippen LogP contribution in [0.5, 0.6) is 11.5 Å². The molecule has 0 spiro atoms. The standard InChI is InChI=1S/C21H28N4O3S/c1-27-17-5-6-19(28-2)16(14-17)15-23-9-11-24(12-10-23)20(26)18-4-3-8-25(18)21-22-7-13-29-21/h5-7,13-14,18H,3-4,8-12,15H2,1-2H3. The Labute approximate surface area is 175 Å². The number of methoxy groups -OCH3 is 2. The third-order valence-corrected chi connectivity index (χ3v) is 6.58. The zero-order valence-corrected chi connectivity index (χ0v) is 17.9. The van der Waals surface area contributed by atoms with E-state index >= 15 is 0 Å². The summed E-state index contributed by atoms with van der Waals surface area (Å²) in [6.07, 6.45) is 3.77. The maximum Gasteiger partial charge on any atom is 0.245 e. The molecule has 0 saturated carbocycles. The minimum Gasteiger partial charge on any atom is -0.497 e. The van der Waals surface area contributed by atoms with Crippen LogP contribution in [0.3, 0.4) is 0 Å². The maximum atomic E-state index is 13.2. The summed E-state index contributed by atoms with van der Waals surface area (Å²) in [6.45, 7) is 4.93. The summed E-state index contributed by atoms with van der Waals surface area (Å²) >= 11 is 1.61. The number of thiazole rings is 1. The quantitative estimate of drug-likeness (QED) is 0.721. The molecule has 3 heterocycles. The molecule has 1 atom stereocenters. The highest BCUT2D eigenvalue weighted by molar-refractivity contribution is 7.13. The summed E-state index contributed by atoms with van der Waals surface area (Å²) in [5, 5.41) is 2.94. The van der Waals surface area contributed by atoms with Crippen molar-refractivity contribution in [2.24, 2.45) is 0 Å². The third-order valence-electron chi connectivity index (χ3n) is 5.77. The van der Waals surface area contributed by atoms with Crippen molar-refractivity contribution in [2.75, 3.05) is 51.8 Å². The Balaban J connectivity index is 1.35. The summed E-state index contributed by atoms with van der Waals surface area (Å²) in [5.41, 5.74) is 1.11. The van der Waals surface area contributed by atoms with Gasteiger partial charge in [-0.1, -0.05) is 0 Å². The van der Waals surface area contributed by atoms with Crippen LogP contribution in [0.15, 0.2) is 29.8 Å². The number of piperazine rings is 1. The van der Waals surface area contributed by atoms with Crippen molar-refractivity contribution in [3.05, 3.63) is 35.3 Å². The van der Waals surface area contributed by atoms with Crippen molar-refractivity contribution in [1.29, 1.82) is 0 Å². The number of amides is 1. The second kappa shape index (κ2) is 9.00. The molecule has 2 aliphatic rings. The topological polar surface area (TPSA) is 58.1 Å². The van der Waals surface area contributed by atoms with Crippen LogP contribution in [0.1, 0.15) is 18.4 Å². The Hall–Kier alpha value is -2.32. The molecule has 4 rings (SSSR count). The molecule has 1 aromatic carbocycles. The van der Waals surface area contributed by atoms with Crippen LogP contribution < -0.4 is 14.4 Å². The maximum absolute atomic E-state index is 13.2. The zero-order valence-electron chi connectivity index (χ0n) is 17.0. The fourth-order valence-electron chi connectivity index (χ4n) is 4.19. The molecule has 2 aromatic rings. The van der Waals surface area contributed by atoms with Crippen LogP contribution in [-0.4, -0.2) is 73.7 Å². The molecule has 0 bridgehead atoms. The van der Waals surface area contributed by atoms with E-state index in [9.17, 15) is 4.79 Å². The Kier molecular flexibility index (Phi) is 6.20.